The topological polar surface area (TPSA) is 66.8 Å². The summed E-state index contributed by atoms with van der Waals surface area (Å²) in [4.78, 5) is 0.294. The van der Waals surface area contributed by atoms with E-state index in [2.05, 4.69) is 0 Å². The molecule has 0 bridgehead atoms. The van der Waals surface area contributed by atoms with Crippen molar-refractivity contribution in [2.45, 2.75) is 42.9 Å². The lowest BCUT2D eigenvalue weighted by Gasteiger charge is -2.36. The molecule has 0 radical (unpaired) electrons. The van der Waals surface area contributed by atoms with Crippen molar-refractivity contribution in [2.75, 3.05) is 13.2 Å². The summed E-state index contributed by atoms with van der Waals surface area (Å²) in [6.07, 6.45) is 2.89. The van der Waals surface area contributed by atoms with Crippen molar-refractivity contribution in [3.05, 3.63) is 29.8 Å². The van der Waals surface area contributed by atoms with Crippen molar-refractivity contribution in [3.8, 4) is 0 Å². The van der Waals surface area contributed by atoms with Crippen molar-refractivity contribution >= 4 is 10.0 Å². The molecule has 1 saturated heterocycles. The largest absolute Gasteiger partial charge is 0.392 e. The van der Waals surface area contributed by atoms with Gasteiger partial charge in [0.2, 0.25) is 10.0 Å². The Bertz CT molecular complexity index is 569. The molecule has 110 valence electrons. The van der Waals surface area contributed by atoms with E-state index in [0.717, 1.165) is 19.3 Å². The van der Waals surface area contributed by atoms with E-state index in [1.54, 1.807) is 28.6 Å². The Balaban J connectivity index is 1.89. The third-order valence-corrected chi connectivity index (χ3v) is 6.08. The summed E-state index contributed by atoms with van der Waals surface area (Å²) in [6.45, 7) is 0.808. The van der Waals surface area contributed by atoms with Crippen LogP contribution in [0.5, 0.6) is 0 Å². The van der Waals surface area contributed by atoms with Crippen LogP contribution in [0.15, 0.2) is 29.2 Å². The van der Waals surface area contributed by atoms with Gasteiger partial charge in [-0.1, -0.05) is 12.1 Å². The van der Waals surface area contributed by atoms with Crippen LogP contribution in [0.1, 0.15) is 24.8 Å². The van der Waals surface area contributed by atoms with Crippen molar-refractivity contribution < 1.29 is 18.3 Å². The highest BCUT2D eigenvalue weighted by Gasteiger charge is 2.42. The lowest BCUT2D eigenvalue weighted by atomic mass is 10.2. The first-order valence-electron chi connectivity index (χ1n) is 6.96. The molecule has 1 aromatic carbocycles. The zero-order valence-corrected chi connectivity index (χ0v) is 12.1. The Hall–Kier alpha value is -0.950. The van der Waals surface area contributed by atoms with Gasteiger partial charge in [0.05, 0.1) is 30.3 Å². The smallest absolute Gasteiger partial charge is 0.243 e. The second-order valence-corrected chi connectivity index (χ2v) is 7.22. The molecule has 0 aromatic heterocycles. The molecule has 1 aromatic rings. The highest BCUT2D eigenvalue weighted by molar-refractivity contribution is 7.89. The van der Waals surface area contributed by atoms with Gasteiger partial charge in [0, 0.05) is 6.54 Å². The number of hydrogen-bond donors (Lipinski definition) is 1. The van der Waals surface area contributed by atoms with Crippen LogP contribution < -0.4 is 0 Å². The number of morpholine rings is 1. The number of aliphatic hydroxyl groups excluding tert-OH is 1. The quantitative estimate of drug-likeness (QED) is 0.908. The minimum atomic E-state index is -3.47. The zero-order chi connectivity index (χ0) is 14.2. The molecule has 2 atom stereocenters. The second kappa shape index (κ2) is 5.44. The van der Waals surface area contributed by atoms with Crippen LogP contribution >= 0.6 is 0 Å². The van der Waals surface area contributed by atoms with Gasteiger partial charge >= 0.3 is 0 Å². The molecule has 20 heavy (non-hydrogen) atoms. The molecule has 2 fully saturated rings. The summed E-state index contributed by atoms with van der Waals surface area (Å²) in [6, 6.07) is 6.42. The number of nitrogens with zero attached hydrogens (tertiary/aromatic N) is 1. The van der Waals surface area contributed by atoms with Crippen molar-refractivity contribution in [1.82, 2.24) is 4.31 Å². The molecule has 0 spiro atoms. The van der Waals surface area contributed by atoms with Crippen LogP contribution in [-0.2, 0) is 21.4 Å². The van der Waals surface area contributed by atoms with Gasteiger partial charge in [0.15, 0.2) is 0 Å². The first kappa shape index (κ1) is 14.0. The Kier molecular flexibility index (Phi) is 3.81. The van der Waals surface area contributed by atoms with Gasteiger partial charge in [-0.3, -0.25) is 0 Å². The van der Waals surface area contributed by atoms with E-state index in [4.69, 9.17) is 9.84 Å². The molecular formula is C14H19NO4S. The Labute approximate surface area is 119 Å². The van der Waals surface area contributed by atoms with E-state index < -0.39 is 10.0 Å². The zero-order valence-electron chi connectivity index (χ0n) is 11.2. The van der Waals surface area contributed by atoms with Crippen LogP contribution in [0.4, 0.5) is 0 Å². The van der Waals surface area contributed by atoms with Gasteiger partial charge in [0.1, 0.15) is 0 Å². The van der Waals surface area contributed by atoms with E-state index in [0.29, 0.717) is 23.6 Å². The molecule has 1 aliphatic heterocycles. The molecule has 2 aliphatic rings. The normalized spacial score (nSPS) is 27.4. The summed E-state index contributed by atoms with van der Waals surface area (Å²) in [7, 11) is -3.47. The van der Waals surface area contributed by atoms with E-state index in [1.807, 2.05) is 0 Å². The third-order valence-electron chi connectivity index (χ3n) is 4.14. The number of ether oxygens (including phenoxy) is 1. The van der Waals surface area contributed by atoms with Gasteiger partial charge in [0.25, 0.3) is 0 Å². The van der Waals surface area contributed by atoms with Crippen molar-refractivity contribution in [3.63, 3.8) is 0 Å². The van der Waals surface area contributed by atoms with Crippen molar-refractivity contribution in [2.24, 2.45) is 0 Å². The molecule has 1 heterocycles. The summed E-state index contributed by atoms with van der Waals surface area (Å²) in [5.74, 6) is 0. The number of fused-ring (bicyclic) bond motifs is 1. The Morgan fingerprint density at radius 1 is 1.25 bits per heavy atom. The number of hydrogen-bond acceptors (Lipinski definition) is 4. The molecule has 5 nitrogen and oxygen atoms in total. The number of sulfonamides is 1. The molecule has 1 saturated carbocycles. The van der Waals surface area contributed by atoms with Crippen LogP contribution in [0.25, 0.3) is 0 Å². The standard InChI is InChI=1S/C14H19NO4S/c16-10-11-4-6-12(7-5-11)20(17,18)15-8-9-19-14-3-1-2-13(14)15/h4-7,13-14,16H,1-3,8-10H2. The second-order valence-electron chi connectivity index (χ2n) is 5.33. The van der Waals surface area contributed by atoms with Crippen LogP contribution in [-0.4, -0.2) is 43.1 Å². The minimum Gasteiger partial charge on any atom is -0.392 e. The fourth-order valence-corrected chi connectivity index (χ4v) is 4.75. The fraction of sp³-hybridized carbons (Fsp3) is 0.571. The summed E-state index contributed by atoms with van der Waals surface area (Å²) in [5.41, 5.74) is 0.713. The summed E-state index contributed by atoms with van der Waals surface area (Å²) >= 11 is 0. The molecule has 0 amide bonds. The van der Waals surface area contributed by atoms with Gasteiger partial charge in [-0.15, -0.1) is 0 Å². The SMILES string of the molecule is O=S(=O)(c1ccc(CO)cc1)N1CCOC2CCCC21. The van der Waals surface area contributed by atoms with Crippen LogP contribution in [0, 0.1) is 0 Å². The lowest BCUT2D eigenvalue weighted by molar-refractivity contribution is -0.0241. The monoisotopic (exact) mass is 297 g/mol. The van der Waals surface area contributed by atoms with E-state index >= 15 is 0 Å². The molecule has 6 heteroatoms. The van der Waals surface area contributed by atoms with Crippen LogP contribution in [0.2, 0.25) is 0 Å². The highest BCUT2D eigenvalue weighted by atomic mass is 32.2. The summed E-state index contributed by atoms with van der Waals surface area (Å²) < 4.78 is 32.7. The Morgan fingerprint density at radius 3 is 2.70 bits per heavy atom. The highest BCUT2D eigenvalue weighted by Crippen LogP contribution is 2.33. The molecule has 3 rings (SSSR count). The van der Waals surface area contributed by atoms with Crippen molar-refractivity contribution in [1.29, 1.82) is 0 Å². The maximum atomic E-state index is 12.7. The Morgan fingerprint density at radius 2 is 2.00 bits per heavy atom. The van der Waals surface area contributed by atoms with Gasteiger partial charge in [-0.05, 0) is 37.0 Å². The predicted octanol–water partition coefficient (Wildman–Crippen LogP) is 1.12. The number of benzene rings is 1. The predicted molar refractivity (Wildman–Crippen MR) is 73.6 cm³/mol. The first-order chi connectivity index (χ1) is 9.63. The molecular weight excluding hydrogens is 278 g/mol. The average molecular weight is 297 g/mol. The fourth-order valence-electron chi connectivity index (χ4n) is 3.09. The van der Waals surface area contributed by atoms with Gasteiger partial charge in [-0.25, -0.2) is 8.42 Å². The third kappa shape index (κ3) is 2.37. The maximum absolute atomic E-state index is 12.7. The lowest BCUT2D eigenvalue weighted by Crippen LogP contribution is -2.51. The van der Waals surface area contributed by atoms with E-state index in [9.17, 15) is 8.42 Å². The molecule has 1 N–H and O–H groups in total. The van der Waals surface area contributed by atoms with Gasteiger partial charge in [-0.2, -0.15) is 4.31 Å². The maximum Gasteiger partial charge on any atom is 0.243 e. The number of rotatable bonds is 3. The van der Waals surface area contributed by atoms with E-state index in [1.165, 1.54) is 0 Å². The van der Waals surface area contributed by atoms with E-state index in [-0.39, 0.29) is 18.8 Å². The summed E-state index contributed by atoms with van der Waals surface area (Å²) in [5, 5.41) is 9.03. The number of aliphatic hydroxyl groups is 1. The molecule has 2 unspecified atom stereocenters. The molecule has 1 aliphatic carbocycles. The van der Waals surface area contributed by atoms with Crippen LogP contribution in [0.3, 0.4) is 0 Å². The minimum absolute atomic E-state index is 0.0220. The average Bonchev–Trinajstić information content (AvgIpc) is 2.95. The first-order valence-corrected chi connectivity index (χ1v) is 8.40. The van der Waals surface area contributed by atoms with Gasteiger partial charge < -0.3 is 9.84 Å².